The van der Waals surface area contributed by atoms with Crippen molar-refractivity contribution in [3.63, 3.8) is 0 Å². The van der Waals surface area contributed by atoms with E-state index in [9.17, 15) is 18.6 Å². The van der Waals surface area contributed by atoms with Gasteiger partial charge >= 0.3 is 10.2 Å². The van der Waals surface area contributed by atoms with Crippen LogP contribution in [-0.2, 0) is 17.3 Å². The molecule has 11 heteroatoms. The van der Waals surface area contributed by atoms with Crippen LogP contribution in [0.3, 0.4) is 0 Å². The first-order valence-corrected chi connectivity index (χ1v) is 10.3. The number of methoxy groups -OCH3 is 1. The summed E-state index contributed by atoms with van der Waals surface area (Å²) in [5, 5.41) is 26.6. The average molecular weight is 430 g/mol. The van der Waals surface area contributed by atoms with Crippen molar-refractivity contribution in [3.8, 4) is 34.2 Å². The lowest BCUT2D eigenvalue weighted by Gasteiger charge is -2.14. The number of anilines is 1. The number of aromatic hydroxyl groups is 2. The lowest BCUT2D eigenvalue weighted by Crippen LogP contribution is -2.23. The fourth-order valence-electron chi connectivity index (χ4n) is 3.34. The predicted molar refractivity (Wildman–Crippen MR) is 113 cm³/mol. The summed E-state index contributed by atoms with van der Waals surface area (Å²) in [5.41, 5.74) is 2.28. The van der Waals surface area contributed by atoms with Crippen LogP contribution in [0.4, 0.5) is 5.95 Å². The van der Waals surface area contributed by atoms with Crippen LogP contribution in [-0.4, -0.2) is 39.9 Å². The third-order valence-corrected chi connectivity index (χ3v) is 5.17. The fourth-order valence-corrected chi connectivity index (χ4v) is 3.75. The van der Waals surface area contributed by atoms with E-state index in [-0.39, 0.29) is 23.2 Å². The number of imidazole rings is 1. The van der Waals surface area contributed by atoms with Crippen LogP contribution in [0.15, 0.2) is 48.8 Å². The van der Waals surface area contributed by atoms with Gasteiger partial charge in [0.15, 0.2) is 11.5 Å². The zero-order valence-electron chi connectivity index (χ0n) is 16.1. The zero-order chi connectivity index (χ0) is 21.6. The number of phenolic OH excluding ortho intramolecular Hbond substituents is 2. The largest absolute Gasteiger partial charge is 0.507 e. The molecule has 6 N–H and O–H groups in total. The minimum Gasteiger partial charge on any atom is -0.507 e. The van der Waals surface area contributed by atoms with Crippen molar-refractivity contribution in [1.29, 1.82) is 0 Å². The molecule has 0 bridgehead atoms. The quantitative estimate of drug-likeness (QED) is 0.358. The third-order valence-electron chi connectivity index (χ3n) is 4.70. The molecule has 0 spiro atoms. The monoisotopic (exact) mass is 430 g/mol. The van der Waals surface area contributed by atoms with Gasteiger partial charge in [-0.2, -0.15) is 14.1 Å². The van der Waals surface area contributed by atoms with Crippen molar-refractivity contribution in [3.05, 3.63) is 48.8 Å². The first-order valence-electron chi connectivity index (χ1n) is 8.73. The Hall–Kier alpha value is -3.70. The van der Waals surface area contributed by atoms with Crippen molar-refractivity contribution in [2.45, 2.75) is 0 Å². The van der Waals surface area contributed by atoms with Crippen LogP contribution in [0.1, 0.15) is 0 Å². The molecule has 1 unspecified atom stereocenters. The maximum atomic E-state index is 11.8. The predicted octanol–water partition coefficient (Wildman–Crippen LogP) is 2.22. The summed E-state index contributed by atoms with van der Waals surface area (Å²) in [6.45, 7) is 0. The van der Waals surface area contributed by atoms with Crippen LogP contribution in [0.5, 0.6) is 17.2 Å². The average Bonchev–Trinajstić information content (AvgIpc) is 3.24. The summed E-state index contributed by atoms with van der Waals surface area (Å²) in [4.78, 5) is 4.17. The number of hydrogen-bond acceptors (Lipinski definition) is 5. The Labute approximate surface area is 172 Å². The Balaban J connectivity index is 1.98. The topological polar surface area (TPSA) is 149 Å². The van der Waals surface area contributed by atoms with Crippen molar-refractivity contribution < 1.29 is 23.4 Å². The molecule has 10 nitrogen and oxygen atoms in total. The maximum absolute atomic E-state index is 11.8. The van der Waals surface area contributed by atoms with Crippen LogP contribution in [0, 0.1) is 0 Å². The minimum atomic E-state index is -3.86. The molecule has 2 aromatic carbocycles. The third kappa shape index (κ3) is 3.40. The second-order valence-electron chi connectivity index (χ2n) is 6.68. The zero-order valence-corrected chi connectivity index (χ0v) is 16.9. The highest BCUT2D eigenvalue weighted by atomic mass is 32.2. The van der Waals surface area contributed by atoms with Gasteiger partial charge in [0.1, 0.15) is 5.75 Å². The summed E-state index contributed by atoms with van der Waals surface area (Å²) in [6, 6.07) is 10.1. The molecule has 0 saturated carbocycles. The van der Waals surface area contributed by atoms with Gasteiger partial charge in [-0.05, 0) is 30.3 Å². The Morgan fingerprint density at radius 2 is 1.97 bits per heavy atom. The molecule has 0 aliphatic rings. The molecule has 0 aliphatic heterocycles. The number of nitrogens with two attached hydrogens (primary N) is 1. The van der Waals surface area contributed by atoms with Crippen LogP contribution >= 0.6 is 0 Å². The molecule has 0 aliphatic carbocycles. The smallest absolute Gasteiger partial charge is 0.443 e. The number of benzene rings is 2. The highest BCUT2D eigenvalue weighted by Crippen LogP contribution is 2.40. The van der Waals surface area contributed by atoms with E-state index < -0.39 is 10.2 Å². The second-order valence-corrected chi connectivity index (χ2v) is 8.03. The molecule has 4 rings (SSSR count). The second kappa shape index (κ2) is 6.97. The summed E-state index contributed by atoms with van der Waals surface area (Å²) in [7, 11) is -0.547. The number of nitrogens with zero attached hydrogens (tertiary/aromatic N) is 3. The first-order chi connectivity index (χ1) is 14.2. The van der Waals surface area contributed by atoms with E-state index in [1.54, 1.807) is 4.57 Å². The van der Waals surface area contributed by atoms with E-state index in [0.29, 0.717) is 16.9 Å². The van der Waals surface area contributed by atoms with Gasteiger partial charge in [-0.15, -0.1) is 4.21 Å². The van der Waals surface area contributed by atoms with Crippen LogP contribution in [0.2, 0.25) is 0 Å². The van der Waals surface area contributed by atoms with Gasteiger partial charge < -0.3 is 19.5 Å². The number of fused-ring (bicyclic) bond motifs is 1. The molecule has 0 amide bonds. The van der Waals surface area contributed by atoms with E-state index in [0.717, 1.165) is 17.0 Å². The minimum absolute atomic E-state index is 0.00160. The molecule has 30 heavy (non-hydrogen) atoms. The fraction of sp³-hybridized carbons (Fsp3) is 0.105. The molecule has 1 atom stereocenters. The standard InChI is InChI=1S/C19H19N5O5S/c1-23-6-5-11-7-12(3-4-14(11)23)24-15(10-21-19(24)22-30(20,27)28)13-8-18(29-2)17(26)9-16(13)25/h3-10,25-26H,1-2H3,(H3,20,21,22,27,28)/p+1. The SMILES string of the molecule is COc1cc(-c2cnc(NS(N)(=O)=[OH+])n2-c2ccc3c(ccn3C)c2)c(O)cc1O. The van der Waals surface area contributed by atoms with Crippen LogP contribution < -0.4 is 14.6 Å². The van der Waals surface area contributed by atoms with Gasteiger partial charge in [0.05, 0.1) is 19.0 Å². The van der Waals surface area contributed by atoms with E-state index >= 15 is 0 Å². The maximum Gasteiger partial charge on any atom is 0.443 e. The lowest BCUT2D eigenvalue weighted by atomic mass is 10.1. The molecular weight excluding hydrogens is 410 g/mol. The number of ether oxygens (including phenoxy) is 1. The number of aryl methyl sites for hydroxylation is 1. The Kier molecular flexibility index (Phi) is 4.56. The number of rotatable bonds is 5. The molecule has 0 saturated heterocycles. The van der Waals surface area contributed by atoms with Crippen molar-refractivity contribution in [1.82, 2.24) is 14.1 Å². The van der Waals surface area contributed by atoms with E-state index in [1.807, 2.05) is 42.1 Å². The summed E-state index contributed by atoms with van der Waals surface area (Å²) < 4.78 is 32.3. The molecular formula is C19H20N5O5S+. The summed E-state index contributed by atoms with van der Waals surface area (Å²) >= 11 is 0. The molecule has 2 heterocycles. The van der Waals surface area contributed by atoms with Gasteiger partial charge in [-0.25, -0.2) is 4.98 Å². The van der Waals surface area contributed by atoms with E-state index in [1.165, 1.54) is 19.4 Å². The molecule has 0 radical (unpaired) electrons. The number of nitrogens with one attached hydrogen (secondary N) is 1. The van der Waals surface area contributed by atoms with E-state index in [2.05, 4.69) is 9.71 Å². The van der Waals surface area contributed by atoms with E-state index in [4.69, 9.17) is 9.88 Å². The number of phenols is 2. The van der Waals surface area contributed by atoms with Gasteiger partial charge in [-0.1, -0.05) is 0 Å². The summed E-state index contributed by atoms with van der Waals surface area (Å²) in [5.74, 6) is -0.302. The lowest BCUT2D eigenvalue weighted by molar-refractivity contribution is 0.370. The molecule has 0 fully saturated rings. The Morgan fingerprint density at radius 3 is 2.67 bits per heavy atom. The van der Waals surface area contributed by atoms with Gasteiger partial charge in [0, 0.05) is 41.5 Å². The molecule has 4 aromatic rings. The summed E-state index contributed by atoms with van der Waals surface area (Å²) in [6.07, 6.45) is 3.33. The van der Waals surface area contributed by atoms with Crippen molar-refractivity contribution in [2.24, 2.45) is 12.2 Å². The highest BCUT2D eigenvalue weighted by molar-refractivity contribution is 7.90. The van der Waals surface area contributed by atoms with Crippen molar-refractivity contribution in [2.75, 3.05) is 11.8 Å². The van der Waals surface area contributed by atoms with Gasteiger partial charge in [-0.3, -0.25) is 4.57 Å². The van der Waals surface area contributed by atoms with Crippen LogP contribution in [0.25, 0.3) is 27.8 Å². The van der Waals surface area contributed by atoms with Gasteiger partial charge in [0.2, 0.25) is 5.95 Å². The normalized spacial score (nSPS) is 13.3. The highest BCUT2D eigenvalue weighted by Gasteiger charge is 2.22. The Morgan fingerprint density at radius 1 is 1.20 bits per heavy atom. The molecule has 156 valence electrons. The molecule has 2 aromatic heterocycles. The number of hydrogen-bond donors (Lipinski definition) is 4. The van der Waals surface area contributed by atoms with Crippen molar-refractivity contribution >= 4 is 27.1 Å². The number of aromatic nitrogens is 3. The van der Waals surface area contributed by atoms with Gasteiger partial charge in [0.25, 0.3) is 0 Å². The Bertz CT molecular complexity index is 1370. The first kappa shape index (κ1) is 19.6.